The number of amides is 1. The molecule has 2 aromatic heterocycles. The number of fused-ring (bicyclic) bond motifs is 1. The second kappa shape index (κ2) is 6.33. The average molecular weight is 360 g/mol. The molecule has 0 aliphatic carbocycles. The fraction of sp³-hybridized carbons (Fsp3) is 0.294. The zero-order chi connectivity index (χ0) is 18.2. The van der Waals surface area contributed by atoms with Crippen LogP contribution >= 0.6 is 11.6 Å². The van der Waals surface area contributed by atoms with Gasteiger partial charge in [0.25, 0.3) is 5.56 Å². The molecule has 0 fully saturated rings. The van der Waals surface area contributed by atoms with Crippen LogP contribution in [0.3, 0.4) is 0 Å². The monoisotopic (exact) mass is 359 g/mol. The third kappa shape index (κ3) is 3.56. The van der Waals surface area contributed by atoms with Crippen LogP contribution in [0.5, 0.6) is 0 Å². The van der Waals surface area contributed by atoms with Gasteiger partial charge in [-0.25, -0.2) is 14.3 Å². The second-order valence-corrected chi connectivity index (χ2v) is 7.16. The SMILES string of the molecule is CC(C)(C)n1ncc2c(=O)n(NC(=O)Cc3ccc(Cl)cc3)cnc21. The van der Waals surface area contributed by atoms with Gasteiger partial charge in [0.1, 0.15) is 11.7 Å². The molecular weight excluding hydrogens is 342 g/mol. The Labute approximate surface area is 149 Å². The van der Waals surface area contributed by atoms with E-state index in [2.05, 4.69) is 15.5 Å². The molecule has 7 nitrogen and oxygen atoms in total. The van der Waals surface area contributed by atoms with Gasteiger partial charge >= 0.3 is 0 Å². The Morgan fingerprint density at radius 2 is 1.92 bits per heavy atom. The van der Waals surface area contributed by atoms with Gasteiger partial charge in [-0.2, -0.15) is 5.10 Å². The second-order valence-electron chi connectivity index (χ2n) is 6.72. The highest BCUT2D eigenvalue weighted by Crippen LogP contribution is 2.17. The molecule has 130 valence electrons. The summed E-state index contributed by atoms with van der Waals surface area (Å²) >= 11 is 5.83. The van der Waals surface area contributed by atoms with Crippen molar-refractivity contribution in [2.45, 2.75) is 32.7 Å². The van der Waals surface area contributed by atoms with E-state index < -0.39 is 0 Å². The van der Waals surface area contributed by atoms with Gasteiger partial charge in [-0.05, 0) is 38.5 Å². The number of hydrogen-bond donors (Lipinski definition) is 1. The van der Waals surface area contributed by atoms with E-state index in [1.807, 2.05) is 20.8 Å². The molecule has 3 rings (SSSR count). The minimum absolute atomic E-state index is 0.128. The van der Waals surface area contributed by atoms with E-state index in [1.165, 1.54) is 12.5 Å². The first-order valence-electron chi connectivity index (χ1n) is 7.76. The van der Waals surface area contributed by atoms with Gasteiger partial charge < -0.3 is 0 Å². The lowest BCUT2D eigenvalue weighted by molar-refractivity contribution is -0.116. The van der Waals surface area contributed by atoms with Crippen molar-refractivity contribution in [2.75, 3.05) is 5.43 Å². The van der Waals surface area contributed by atoms with Crippen molar-refractivity contribution in [3.8, 4) is 0 Å². The lowest BCUT2D eigenvalue weighted by Crippen LogP contribution is -2.34. The largest absolute Gasteiger partial charge is 0.283 e. The quantitative estimate of drug-likeness (QED) is 0.778. The van der Waals surface area contributed by atoms with E-state index in [1.54, 1.807) is 28.9 Å². The minimum atomic E-state index is -0.370. The summed E-state index contributed by atoms with van der Waals surface area (Å²) in [7, 11) is 0. The highest BCUT2D eigenvalue weighted by atomic mass is 35.5. The number of aromatic nitrogens is 4. The third-order valence-corrected chi connectivity index (χ3v) is 3.90. The Bertz CT molecular complexity index is 983. The molecule has 0 bridgehead atoms. The van der Waals surface area contributed by atoms with Crippen LogP contribution in [-0.2, 0) is 16.8 Å². The molecule has 25 heavy (non-hydrogen) atoms. The molecule has 3 aromatic rings. The topological polar surface area (TPSA) is 81.8 Å². The number of hydrogen-bond acceptors (Lipinski definition) is 4. The molecule has 8 heteroatoms. The molecule has 0 aliphatic rings. The van der Waals surface area contributed by atoms with Gasteiger partial charge in [-0.3, -0.25) is 15.0 Å². The van der Waals surface area contributed by atoms with Crippen LogP contribution in [0.1, 0.15) is 26.3 Å². The normalized spacial score (nSPS) is 11.7. The summed E-state index contributed by atoms with van der Waals surface area (Å²) in [5.74, 6) is -0.325. The van der Waals surface area contributed by atoms with Gasteiger partial charge in [-0.15, -0.1) is 0 Å². The van der Waals surface area contributed by atoms with Crippen LogP contribution in [0.2, 0.25) is 5.02 Å². The molecule has 1 N–H and O–H groups in total. The summed E-state index contributed by atoms with van der Waals surface area (Å²) < 4.78 is 2.76. The predicted molar refractivity (Wildman–Crippen MR) is 96.3 cm³/mol. The van der Waals surface area contributed by atoms with Crippen molar-refractivity contribution >= 4 is 28.5 Å². The fourth-order valence-electron chi connectivity index (χ4n) is 2.44. The van der Waals surface area contributed by atoms with Crippen LogP contribution in [0.25, 0.3) is 11.0 Å². The summed E-state index contributed by atoms with van der Waals surface area (Å²) in [6.07, 6.45) is 2.90. The molecule has 0 spiro atoms. The van der Waals surface area contributed by atoms with Crippen LogP contribution in [0, 0.1) is 0 Å². The summed E-state index contributed by atoms with van der Waals surface area (Å²) in [4.78, 5) is 29.0. The summed E-state index contributed by atoms with van der Waals surface area (Å²) in [6.45, 7) is 5.92. The number of benzene rings is 1. The maximum atomic E-state index is 12.5. The molecule has 1 amide bonds. The van der Waals surface area contributed by atoms with Crippen LogP contribution in [0.15, 0.2) is 41.6 Å². The fourth-order valence-corrected chi connectivity index (χ4v) is 2.57. The highest BCUT2D eigenvalue weighted by Gasteiger charge is 2.20. The van der Waals surface area contributed by atoms with Crippen LogP contribution in [-0.4, -0.2) is 25.3 Å². The molecular formula is C17H18ClN5O2. The van der Waals surface area contributed by atoms with Gasteiger partial charge in [-0.1, -0.05) is 23.7 Å². The zero-order valence-electron chi connectivity index (χ0n) is 14.2. The first kappa shape index (κ1) is 17.2. The smallest absolute Gasteiger partial charge is 0.273 e. The first-order chi connectivity index (χ1) is 11.8. The van der Waals surface area contributed by atoms with Crippen LogP contribution in [0.4, 0.5) is 0 Å². The van der Waals surface area contributed by atoms with Gasteiger partial charge in [0.2, 0.25) is 5.91 Å². The zero-order valence-corrected chi connectivity index (χ0v) is 14.9. The lowest BCUT2D eigenvalue weighted by atomic mass is 10.1. The van der Waals surface area contributed by atoms with Crippen molar-refractivity contribution in [1.29, 1.82) is 0 Å². The standard InChI is InChI=1S/C17H18ClN5O2/c1-17(2,3)23-15-13(9-20-23)16(25)22(10-19-15)21-14(24)8-11-4-6-12(18)7-5-11/h4-7,9-10H,8H2,1-3H3,(H,21,24). The number of nitrogens with zero attached hydrogens (tertiary/aromatic N) is 4. The Balaban J connectivity index is 1.84. The highest BCUT2D eigenvalue weighted by molar-refractivity contribution is 6.30. The third-order valence-electron chi connectivity index (χ3n) is 3.65. The van der Waals surface area contributed by atoms with Gasteiger partial charge in [0, 0.05) is 5.02 Å². The van der Waals surface area contributed by atoms with E-state index in [0.717, 1.165) is 10.2 Å². The predicted octanol–water partition coefficient (Wildman–Crippen LogP) is 2.31. The van der Waals surface area contributed by atoms with Crippen molar-refractivity contribution in [2.24, 2.45) is 0 Å². The Morgan fingerprint density at radius 3 is 2.56 bits per heavy atom. The number of carbonyl (C=O) groups excluding carboxylic acids is 1. The molecule has 0 saturated heterocycles. The molecule has 0 unspecified atom stereocenters. The average Bonchev–Trinajstić information content (AvgIpc) is 2.97. The number of rotatable bonds is 3. The number of nitrogens with one attached hydrogen (secondary N) is 1. The molecule has 0 aliphatic heterocycles. The maximum absolute atomic E-state index is 12.5. The van der Waals surface area contributed by atoms with Crippen LogP contribution < -0.4 is 11.0 Å². The number of carbonyl (C=O) groups is 1. The Hall–Kier alpha value is -2.67. The van der Waals surface area contributed by atoms with E-state index in [4.69, 9.17) is 11.6 Å². The van der Waals surface area contributed by atoms with E-state index in [0.29, 0.717) is 16.1 Å². The summed E-state index contributed by atoms with van der Waals surface area (Å²) in [6, 6.07) is 6.95. The number of halogens is 1. The Kier molecular flexibility index (Phi) is 4.34. The molecule has 0 radical (unpaired) electrons. The van der Waals surface area contributed by atoms with Crippen molar-refractivity contribution in [1.82, 2.24) is 19.4 Å². The lowest BCUT2D eigenvalue weighted by Gasteiger charge is -2.19. The maximum Gasteiger partial charge on any atom is 0.283 e. The van der Waals surface area contributed by atoms with E-state index in [9.17, 15) is 9.59 Å². The summed E-state index contributed by atoms with van der Waals surface area (Å²) in [5.41, 5.74) is 3.16. The van der Waals surface area contributed by atoms with E-state index >= 15 is 0 Å². The van der Waals surface area contributed by atoms with Crippen molar-refractivity contribution in [3.63, 3.8) is 0 Å². The summed E-state index contributed by atoms with van der Waals surface area (Å²) in [5, 5.41) is 5.19. The van der Waals surface area contributed by atoms with Crippen molar-refractivity contribution in [3.05, 3.63) is 57.7 Å². The van der Waals surface area contributed by atoms with Gasteiger partial charge in [0.15, 0.2) is 5.65 Å². The first-order valence-corrected chi connectivity index (χ1v) is 8.13. The molecule has 2 heterocycles. The Morgan fingerprint density at radius 1 is 1.24 bits per heavy atom. The van der Waals surface area contributed by atoms with Gasteiger partial charge in [0.05, 0.1) is 18.2 Å². The minimum Gasteiger partial charge on any atom is -0.273 e. The van der Waals surface area contributed by atoms with Crippen molar-refractivity contribution < 1.29 is 4.79 Å². The molecule has 0 atom stereocenters. The molecule has 0 saturated carbocycles. The molecule has 1 aromatic carbocycles. The van der Waals surface area contributed by atoms with E-state index in [-0.39, 0.29) is 23.4 Å².